The molecular formula is C24H24Cl2N2O3S. The summed E-state index contributed by atoms with van der Waals surface area (Å²) in [6, 6.07) is 15.0. The predicted molar refractivity (Wildman–Crippen MR) is 129 cm³/mol. The monoisotopic (exact) mass is 490 g/mol. The van der Waals surface area contributed by atoms with Crippen LogP contribution >= 0.6 is 34.5 Å². The quantitative estimate of drug-likeness (QED) is 0.432. The number of carbonyl (C=O) groups is 1. The summed E-state index contributed by atoms with van der Waals surface area (Å²) in [6.45, 7) is 4.13. The summed E-state index contributed by atoms with van der Waals surface area (Å²) in [5.41, 5.74) is 2.02. The van der Waals surface area contributed by atoms with Crippen LogP contribution in [0.4, 0.5) is 0 Å². The Morgan fingerprint density at radius 2 is 1.78 bits per heavy atom. The predicted octanol–water partition coefficient (Wildman–Crippen LogP) is 5.60. The van der Waals surface area contributed by atoms with Crippen LogP contribution in [0.3, 0.4) is 0 Å². The van der Waals surface area contributed by atoms with Gasteiger partial charge in [-0.05, 0) is 41.3 Å². The van der Waals surface area contributed by atoms with Crippen molar-refractivity contribution in [3.63, 3.8) is 0 Å². The van der Waals surface area contributed by atoms with Crippen molar-refractivity contribution in [2.45, 2.75) is 13.2 Å². The minimum atomic E-state index is 0.0720. The van der Waals surface area contributed by atoms with Crippen molar-refractivity contribution >= 4 is 40.4 Å². The lowest BCUT2D eigenvalue weighted by Crippen LogP contribution is -2.48. The first-order chi connectivity index (χ1) is 15.5. The number of piperazine rings is 1. The average Bonchev–Trinajstić information content (AvgIpc) is 3.29. The lowest BCUT2D eigenvalue weighted by atomic mass is 10.2. The van der Waals surface area contributed by atoms with Gasteiger partial charge in [0.25, 0.3) is 5.91 Å². The Balaban J connectivity index is 1.29. The van der Waals surface area contributed by atoms with Crippen LogP contribution in [0.2, 0.25) is 10.0 Å². The molecule has 2 heterocycles. The Bertz CT molecular complexity index is 1080. The smallest absolute Gasteiger partial charge is 0.264 e. The molecule has 1 aliphatic heterocycles. The Kier molecular flexibility index (Phi) is 7.58. The Morgan fingerprint density at radius 3 is 2.50 bits per heavy atom. The minimum absolute atomic E-state index is 0.0720. The number of thiophene rings is 1. The summed E-state index contributed by atoms with van der Waals surface area (Å²) in [6.07, 6.45) is 0. The molecule has 0 N–H and O–H groups in total. The fourth-order valence-electron chi connectivity index (χ4n) is 3.62. The van der Waals surface area contributed by atoms with Crippen molar-refractivity contribution in [2.24, 2.45) is 0 Å². The van der Waals surface area contributed by atoms with Crippen molar-refractivity contribution in [3.8, 4) is 11.5 Å². The molecule has 0 aliphatic carbocycles. The van der Waals surface area contributed by atoms with Gasteiger partial charge in [-0.25, -0.2) is 0 Å². The first kappa shape index (κ1) is 22.9. The molecule has 1 saturated heterocycles. The average molecular weight is 491 g/mol. The number of amides is 1. The van der Waals surface area contributed by atoms with E-state index in [0.29, 0.717) is 41.2 Å². The lowest BCUT2D eigenvalue weighted by molar-refractivity contribution is 0.0633. The Hall–Kier alpha value is -2.25. The molecule has 3 aromatic rings. The number of benzene rings is 2. The van der Waals surface area contributed by atoms with E-state index >= 15 is 0 Å². The number of nitrogens with zero attached hydrogens (tertiary/aromatic N) is 2. The molecule has 0 spiro atoms. The van der Waals surface area contributed by atoms with Gasteiger partial charge in [0.1, 0.15) is 6.61 Å². The lowest BCUT2D eigenvalue weighted by Gasteiger charge is -2.34. The van der Waals surface area contributed by atoms with E-state index in [9.17, 15) is 4.79 Å². The first-order valence-electron chi connectivity index (χ1n) is 10.3. The van der Waals surface area contributed by atoms with Gasteiger partial charge in [-0.1, -0.05) is 41.4 Å². The van der Waals surface area contributed by atoms with Crippen LogP contribution in [0.5, 0.6) is 11.5 Å². The fraction of sp³-hybridized carbons (Fsp3) is 0.292. The van der Waals surface area contributed by atoms with E-state index in [1.165, 1.54) is 11.3 Å². The standard InChI is InChI=1S/C24H24Cl2N2O3S/c1-30-21-4-2-3-5-22(21)31-15-17-12-23(32-16-17)24(29)28-10-8-27(9-11-28)14-18-6-7-19(25)13-20(18)26/h2-7,12-13,16H,8-11,14-15H2,1H3. The van der Waals surface area contributed by atoms with E-state index in [2.05, 4.69) is 4.90 Å². The summed E-state index contributed by atoms with van der Waals surface area (Å²) in [5.74, 6) is 1.45. The van der Waals surface area contributed by atoms with E-state index in [1.807, 2.05) is 52.7 Å². The van der Waals surface area contributed by atoms with Gasteiger partial charge >= 0.3 is 0 Å². The number of para-hydroxylation sites is 2. The Morgan fingerprint density at radius 1 is 1.03 bits per heavy atom. The molecule has 32 heavy (non-hydrogen) atoms. The molecule has 0 saturated carbocycles. The highest BCUT2D eigenvalue weighted by Crippen LogP contribution is 2.28. The molecule has 8 heteroatoms. The molecule has 2 aromatic carbocycles. The molecule has 1 aromatic heterocycles. The summed E-state index contributed by atoms with van der Waals surface area (Å²) < 4.78 is 11.2. The van der Waals surface area contributed by atoms with Crippen molar-refractivity contribution in [1.29, 1.82) is 0 Å². The summed E-state index contributed by atoms with van der Waals surface area (Å²) in [4.78, 5) is 17.9. The van der Waals surface area contributed by atoms with Crippen molar-refractivity contribution < 1.29 is 14.3 Å². The third kappa shape index (κ3) is 5.56. The maximum Gasteiger partial charge on any atom is 0.264 e. The van der Waals surface area contributed by atoms with Crippen LogP contribution in [-0.4, -0.2) is 49.0 Å². The van der Waals surface area contributed by atoms with Crippen LogP contribution in [0.15, 0.2) is 53.9 Å². The molecule has 0 atom stereocenters. The highest BCUT2D eigenvalue weighted by molar-refractivity contribution is 7.12. The number of hydrogen-bond acceptors (Lipinski definition) is 5. The topological polar surface area (TPSA) is 42.0 Å². The van der Waals surface area contributed by atoms with Crippen molar-refractivity contribution in [2.75, 3.05) is 33.3 Å². The van der Waals surface area contributed by atoms with E-state index in [4.69, 9.17) is 32.7 Å². The van der Waals surface area contributed by atoms with Gasteiger partial charge in [0, 0.05) is 48.3 Å². The molecule has 0 unspecified atom stereocenters. The molecule has 0 bridgehead atoms. The van der Waals surface area contributed by atoms with Gasteiger partial charge in [0.05, 0.1) is 12.0 Å². The maximum atomic E-state index is 13.0. The zero-order valence-electron chi connectivity index (χ0n) is 17.7. The zero-order valence-corrected chi connectivity index (χ0v) is 20.1. The first-order valence-corrected chi connectivity index (χ1v) is 12.0. The molecule has 0 radical (unpaired) electrons. The summed E-state index contributed by atoms with van der Waals surface area (Å²) >= 11 is 13.7. The summed E-state index contributed by atoms with van der Waals surface area (Å²) in [5, 5.41) is 3.29. The van der Waals surface area contributed by atoms with Gasteiger partial charge in [-0.3, -0.25) is 9.69 Å². The Labute approximate surface area is 202 Å². The molecule has 1 fully saturated rings. The maximum absolute atomic E-state index is 13.0. The number of hydrogen-bond donors (Lipinski definition) is 0. The normalized spacial score (nSPS) is 14.4. The van der Waals surface area contributed by atoms with Crippen LogP contribution in [0.25, 0.3) is 0 Å². The van der Waals surface area contributed by atoms with E-state index in [1.54, 1.807) is 13.2 Å². The van der Waals surface area contributed by atoms with E-state index in [-0.39, 0.29) is 5.91 Å². The number of ether oxygens (including phenoxy) is 2. The second-order valence-electron chi connectivity index (χ2n) is 7.56. The van der Waals surface area contributed by atoms with Crippen LogP contribution in [-0.2, 0) is 13.2 Å². The van der Waals surface area contributed by atoms with Crippen LogP contribution < -0.4 is 9.47 Å². The summed E-state index contributed by atoms with van der Waals surface area (Å²) in [7, 11) is 1.62. The molecule has 4 rings (SSSR count). The minimum Gasteiger partial charge on any atom is -0.493 e. The fourth-order valence-corrected chi connectivity index (χ4v) is 4.95. The van der Waals surface area contributed by atoms with E-state index in [0.717, 1.165) is 35.6 Å². The SMILES string of the molecule is COc1ccccc1OCc1csc(C(=O)N2CCN(Cc3ccc(Cl)cc3Cl)CC2)c1. The third-order valence-electron chi connectivity index (χ3n) is 5.40. The number of halogens is 2. The highest BCUT2D eigenvalue weighted by Gasteiger charge is 2.23. The number of methoxy groups -OCH3 is 1. The molecule has 5 nitrogen and oxygen atoms in total. The molecule has 1 aliphatic rings. The number of carbonyl (C=O) groups excluding carboxylic acids is 1. The van der Waals surface area contributed by atoms with E-state index < -0.39 is 0 Å². The largest absolute Gasteiger partial charge is 0.493 e. The van der Waals surface area contributed by atoms with Crippen LogP contribution in [0, 0.1) is 0 Å². The van der Waals surface area contributed by atoms with Crippen LogP contribution in [0.1, 0.15) is 20.8 Å². The molecule has 1 amide bonds. The third-order valence-corrected chi connectivity index (χ3v) is 6.95. The second-order valence-corrected chi connectivity index (χ2v) is 9.32. The van der Waals surface area contributed by atoms with Gasteiger partial charge in [-0.2, -0.15) is 0 Å². The number of rotatable bonds is 7. The molecular weight excluding hydrogens is 467 g/mol. The van der Waals surface area contributed by atoms with Gasteiger partial charge in [0.15, 0.2) is 11.5 Å². The van der Waals surface area contributed by atoms with Gasteiger partial charge in [-0.15, -0.1) is 11.3 Å². The van der Waals surface area contributed by atoms with Crippen molar-refractivity contribution in [3.05, 3.63) is 80.0 Å². The highest BCUT2D eigenvalue weighted by atomic mass is 35.5. The second kappa shape index (κ2) is 10.6. The van der Waals surface area contributed by atoms with Gasteiger partial charge in [0.2, 0.25) is 0 Å². The molecule has 168 valence electrons. The zero-order chi connectivity index (χ0) is 22.5. The van der Waals surface area contributed by atoms with Gasteiger partial charge < -0.3 is 14.4 Å². The van der Waals surface area contributed by atoms with Crippen molar-refractivity contribution in [1.82, 2.24) is 9.80 Å².